The van der Waals surface area contributed by atoms with E-state index in [9.17, 15) is 9.59 Å². The fraction of sp³-hybridized carbons (Fsp3) is 0.300. The number of benzene rings is 1. The molecule has 26 heavy (non-hydrogen) atoms. The van der Waals surface area contributed by atoms with Gasteiger partial charge in [0.2, 0.25) is 5.78 Å². The zero-order chi connectivity index (χ0) is 18.9. The normalized spacial score (nSPS) is 14.9. The summed E-state index contributed by atoms with van der Waals surface area (Å²) in [5.74, 6) is 0.540. The second kappa shape index (κ2) is 6.96. The van der Waals surface area contributed by atoms with E-state index in [1.807, 2.05) is 18.4 Å². The van der Waals surface area contributed by atoms with Crippen LogP contribution in [0.3, 0.4) is 0 Å². The number of fused-ring (bicyclic) bond motifs is 1. The minimum absolute atomic E-state index is 0.161. The van der Waals surface area contributed by atoms with E-state index in [4.69, 9.17) is 14.2 Å². The van der Waals surface area contributed by atoms with Crippen molar-refractivity contribution in [3.05, 3.63) is 51.4 Å². The molecule has 0 aliphatic carbocycles. The van der Waals surface area contributed by atoms with Gasteiger partial charge in [0.05, 0.1) is 5.56 Å². The van der Waals surface area contributed by atoms with Crippen LogP contribution in [0.5, 0.6) is 11.5 Å². The summed E-state index contributed by atoms with van der Waals surface area (Å²) < 4.78 is 16.3. The van der Waals surface area contributed by atoms with Gasteiger partial charge < -0.3 is 14.2 Å². The number of allylic oxidation sites excluding steroid dienone is 1. The third-order valence-corrected chi connectivity index (χ3v) is 4.55. The summed E-state index contributed by atoms with van der Waals surface area (Å²) in [6.45, 7) is 7.16. The first kappa shape index (κ1) is 18.2. The maximum absolute atomic E-state index is 12.5. The molecule has 0 unspecified atom stereocenters. The lowest BCUT2D eigenvalue weighted by Crippen LogP contribution is -2.27. The number of thiophene rings is 1. The fourth-order valence-corrected chi connectivity index (χ4v) is 3.27. The molecule has 1 aliphatic heterocycles. The maximum Gasteiger partial charge on any atom is 0.344 e. The number of esters is 1. The maximum atomic E-state index is 12.5. The molecule has 0 bridgehead atoms. The van der Waals surface area contributed by atoms with Crippen molar-refractivity contribution in [1.82, 2.24) is 0 Å². The van der Waals surface area contributed by atoms with Crippen molar-refractivity contribution in [1.29, 1.82) is 0 Å². The Morgan fingerprint density at radius 1 is 1.27 bits per heavy atom. The monoisotopic (exact) mass is 372 g/mol. The third-order valence-electron chi connectivity index (χ3n) is 3.58. The van der Waals surface area contributed by atoms with Gasteiger partial charge in [0.25, 0.3) is 0 Å². The lowest BCUT2D eigenvalue weighted by atomic mass is 10.1. The minimum Gasteiger partial charge on any atom is -0.482 e. The molecule has 1 aromatic heterocycles. The van der Waals surface area contributed by atoms with Crippen LogP contribution in [0, 0.1) is 6.92 Å². The zero-order valence-electron chi connectivity index (χ0n) is 15.1. The zero-order valence-corrected chi connectivity index (χ0v) is 15.9. The van der Waals surface area contributed by atoms with Crippen molar-refractivity contribution in [2.24, 2.45) is 0 Å². The van der Waals surface area contributed by atoms with Gasteiger partial charge in [-0.2, -0.15) is 0 Å². The number of ether oxygens (including phenoxy) is 3. The van der Waals surface area contributed by atoms with Crippen molar-refractivity contribution in [2.45, 2.75) is 33.3 Å². The molecule has 0 fully saturated rings. The number of ketones is 1. The molecule has 1 aromatic carbocycles. The van der Waals surface area contributed by atoms with Crippen LogP contribution in [0.1, 0.15) is 41.6 Å². The van der Waals surface area contributed by atoms with Gasteiger partial charge >= 0.3 is 5.97 Å². The molecule has 136 valence electrons. The Labute approximate surface area is 156 Å². The average Bonchev–Trinajstić information content (AvgIpc) is 3.08. The number of carbonyl (C=O) groups excluding carboxylic acids is 2. The molecule has 1 aliphatic rings. The Kier molecular flexibility index (Phi) is 4.87. The van der Waals surface area contributed by atoms with E-state index in [0.717, 1.165) is 10.4 Å². The van der Waals surface area contributed by atoms with Crippen LogP contribution in [0.15, 0.2) is 35.4 Å². The van der Waals surface area contributed by atoms with Gasteiger partial charge in [0.15, 0.2) is 12.4 Å². The Hall–Kier alpha value is -2.60. The summed E-state index contributed by atoms with van der Waals surface area (Å²) in [6, 6.07) is 6.89. The number of hydrogen-bond acceptors (Lipinski definition) is 6. The standard InChI is InChI=1S/C20H20O5S/c1-12-7-8-26-17(12)10-16-19(22)14-6-5-13(9-15(14)24-16)23-11-18(21)25-20(2,3)4/h5-10H,11H2,1-4H3/b16-10+. The smallest absolute Gasteiger partial charge is 0.344 e. The molecule has 0 radical (unpaired) electrons. The average molecular weight is 372 g/mol. The van der Waals surface area contributed by atoms with Crippen LogP contribution in [-0.4, -0.2) is 24.0 Å². The summed E-state index contributed by atoms with van der Waals surface area (Å²) >= 11 is 1.55. The first-order chi connectivity index (χ1) is 12.2. The van der Waals surface area contributed by atoms with Gasteiger partial charge in [0, 0.05) is 17.0 Å². The Bertz CT molecular complexity index is 886. The molecule has 0 amide bonds. The second-order valence-electron chi connectivity index (χ2n) is 6.94. The first-order valence-corrected chi connectivity index (χ1v) is 9.08. The number of carbonyl (C=O) groups is 2. The van der Waals surface area contributed by atoms with Crippen LogP contribution >= 0.6 is 11.3 Å². The Morgan fingerprint density at radius 3 is 2.69 bits per heavy atom. The predicted octanol–water partition coefficient (Wildman–Crippen LogP) is 4.39. The van der Waals surface area contributed by atoms with E-state index in [0.29, 0.717) is 17.1 Å². The molecule has 6 heteroatoms. The summed E-state index contributed by atoms with van der Waals surface area (Å²) in [7, 11) is 0. The molecule has 2 heterocycles. The van der Waals surface area contributed by atoms with Crippen LogP contribution in [-0.2, 0) is 9.53 Å². The summed E-state index contributed by atoms with van der Waals surface area (Å²) in [5, 5.41) is 1.97. The van der Waals surface area contributed by atoms with Gasteiger partial charge in [-0.05, 0) is 56.8 Å². The van der Waals surface area contributed by atoms with Crippen molar-refractivity contribution in [3.63, 3.8) is 0 Å². The van der Waals surface area contributed by atoms with Crippen molar-refractivity contribution < 1.29 is 23.8 Å². The lowest BCUT2D eigenvalue weighted by Gasteiger charge is -2.19. The summed E-state index contributed by atoms with van der Waals surface area (Å²) in [4.78, 5) is 25.2. The van der Waals surface area contributed by atoms with E-state index in [-0.39, 0.29) is 18.1 Å². The quantitative estimate of drug-likeness (QED) is 0.588. The van der Waals surface area contributed by atoms with Gasteiger partial charge in [-0.15, -0.1) is 11.3 Å². The molecule has 0 saturated heterocycles. The molecular weight excluding hydrogens is 352 g/mol. The SMILES string of the molecule is Cc1ccsc1/C=C1/Oc2cc(OCC(=O)OC(C)(C)C)ccc2C1=O. The predicted molar refractivity (Wildman–Crippen MR) is 99.8 cm³/mol. The van der Waals surface area contributed by atoms with Crippen molar-refractivity contribution in [3.8, 4) is 11.5 Å². The molecule has 3 rings (SSSR count). The topological polar surface area (TPSA) is 61.8 Å². The van der Waals surface area contributed by atoms with Gasteiger partial charge in [0.1, 0.15) is 17.1 Å². The largest absolute Gasteiger partial charge is 0.482 e. The van der Waals surface area contributed by atoms with Crippen LogP contribution in [0.4, 0.5) is 0 Å². The van der Waals surface area contributed by atoms with Gasteiger partial charge in [-0.25, -0.2) is 4.79 Å². The van der Waals surface area contributed by atoms with E-state index in [1.54, 1.807) is 56.4 Å². The second-order valence-corrected chi connectivity index (χ2v) is 7.89. The molecular formula is C20H20O5S. The fourth-order valence-electron chi connectivity index (χ4n) is 2.42. The summed E-state index contributed by atoms with van der Waals surface area (Å²) in [6.07, 6.45) is 1.75. The molecule has 2 aromatic rings. The molecule has 5 nitrogen and oxygen atoms in total. The number of aryl methyl sites for hydroxylation is 1. The first-order valence-electron chi connectivity index (χ1n) is 8.20. The molecule has 0 saturated carbocycles. The third kappa shape index (κ3) is 4.14. The highest BCUT2D eigenvalue weighted by Crippen LogP contribution is 2.35. The van der Waals surface area contributed by atoms with E-state index in [1.165, 1.54) is 0 Å². The van der Waals surface area contributed by atoms with Crippen molar-refractivity contribution in [2.75, 3.05) is 6.61 Å². The molecule has 0 spiro atoms. The Morgan fingerprint density at radius 2 is 2.04 bits per heavy atom. The number of hydrogen-bond donors (Lipinski definition) is 0. The van der Waals surface area contributed by atoms with E-state index in [2.05, 4.69) is 0 Å². The molecule has 0 atom stereocenters. The van der Waals surface area contributed by atoms with Gasteiger partial charge in [-0.3, -0.25) is 4.79 Å². The number of Topliss-reactive ketones (excluding diaryl/α,β-unsaturated/α-hetero) is 1. The lowest BCUT2D eigenvalue weighted by molar-refractivity contribution is -0.157. The highest BCUT2D eigenvalue weighted by molar-refractivity contribution is 7.11. The minimum atomic E-state index is -0.562. The van der Waals surface area contributed by atoms with E-state index >= 15 is 0 Å². The van der Waals surface area contributed by atoms with Crippen LogP contribution < -0.4 is 9.47 Å². The molecule has 0 N–H and O–H groups in total. The van der Waals surface area contributed by atoms with Crippen LogP contribution in [0.25, 0.3) is 6.08 Å². The van der Waals surface area contributed by atoms with Crippen LogP contribution in [0.2, 0.25) is 0 Å². The Balaban J connectivity index is 1.71. The van der Waals surface area contributed by atoms with Crippen molar-refractivity contribution >= 4 is 29.2 Å². The summed E-state index contributed by atoms with van der Waals surface area (Å²) in [5.41, 5.74) is 1.01. The highest BCUT2D eigenvalue weighted by atomic mass is 32.1. The van der Waals surface area contributed by atoms with Gasteiger partial charge in [-0.1, -0.05) is 0 Å². The van der Waals surface area contributed by atoms with E-state index < -0.39 is 11.6 Å². The highest BCUT2D eigenvalue weighted by Gasteiger charge is 2.28. The number of rotatable bonds is 4.